The number of carbonyl (C=O) groups is 1. The largest absolute Gasteiger partial charge is 0.379 e. The van der Waals surface area contributed by atoms with Crippen LogP contribution in [0, 0.1) is 0 Å². The predicted octanol–water partition coefficient (Wildman–Crippen LogP) is 1.17. The Kier molecular flexibility index (Phi) is 11.5. The zero-order valence-electron chi connectivity index (χ0n) is 9.26. The number of nitrogens with one attached hydrogen (secondary N) is 1. The Bertz CT molecular complexity index is 156. The van der Waals surface area contributed by atoms with E-state index in [-0.39, 0.29) is 11.8 Å². The SMILES string of the molecule is CCCOCCOCCCNC(=O)CCl. The summed E-state index contributed by atoms with van der Waals surface area (Å²) in [7, 11) is 0. The van der Waals surface area contributed by atoms with Crippen molar-refractivity contribution in [2.75, 3.05) is 38.9 Å². The van der Waals surface area contributed by atoms with Gasteiger partial charge in [-0.1, -0.05) is 6.92 Å². The van der Waals surface area contributed by atoms with Crippen molar-refractivity contribution in [3.05, 3.63) is 0 Å². The Morgan fingerprint density at radius 1 is 1.20 bits per heavy atom. The Balaban J connectivity index is 2.95. The number of halogens is 1. The van der Waals surface area contributed by atoms with E-state index < -0.39 is 0 Å². The van der Waals surface area contributed by atoms with Gasteiger partial charge in [0.05, 0.1) is 13.2 Å². The lowest BCUT2D eigenvalue weighted by Crippen LogP contribution is -2.26. The molecule has 0 bridgehead atoms. The van der Waals surface area contributed by atoms with Crippen molar-refractivity contribution in [3.8, 4) is 0 Å². The molecule has 5 heteroatoms. The van der Waals surface area contributed by atoms with Gasteiger partial charge in [0.25, 0.3) is 0 Å². The molecular formula is C10H20ClNO3. The van der Waals surface area contributed by atoms with Crippen LogP contribution in [0.2, 0.25) is 0 Å². The van der Waals surface area contributed by atoms with E-state index in [4.69, 9.17) is 21.1 Å². The monoisotopic (exact) mass is 237 g/mol. The van der Waals surface area contributed by atoms with E-state index in [1.54, 1.807) is 0 Å². The summed E-state index contributed by atoms with van der Waals surface area (Å²) in [5.41, 5.74) is 0. The molecule has 15 heavy (non-hydrogen) atoms. The summed E-state index contributed by atoms with van der Waals surface area (Å²) in [6, 6.07) is 0. The number of hydrogen-bond acceptors (Lipinski definition) is 3. The number of alkyl halides is 1. The highest BCUT2D eigenvalue weighted by Crippen LogP contribution is 1.85. The van der Waals surface area contributed by atoms with Crippen molar-refractivity contribution in [1.82, 2.24) is 5.32 Å². The second-order valence-electron chi connectivity index (χ2n) is 3.06. The summed E-state index contributed by atoms with van der Waals surface area (Å²) >= 11 is 5.30. The fraction of sp³-hybridized carbons (Fsp3) is 0.900. The first-order valence-electron chi connectivity index (χ1n) is 5.29. The molecule has 0 fully saturated rings. The van der Waals surface area contributed by atoms with Crippen molar-refractivity contribution in [3.63, 3.8) is 0 Å². The number of carbonyl (C=O) groups excluding carboxylic acids is 1. The highest BCUT2D eigenvalue weighted by molar-refractivity contribution is 6.27. The maximum Gasteiger partial charge on any atom is 0.234 e. The highest BCUT2D eigenvalue weighted by Gasteiger charge is 1.96. The van der Waals surface area contributed by atoms with E-state index in [0.29, 0.717) is 26.4 Å². The van der Waals surface area contributed by atoms with Crippen LogP contribution in [0.25, 0.3) is 0 Å². The zero-order valence-corrected chi connectivity index (χ0v) is 10.0. The fourth-order valence-electron chi connectivity index (χ4n) is 0.916. The lowest BCUT2D eigenvalue weighted by Gasteiger charge is -2.05. The van der Waals surface area contributed by atoms with Crippen LogP contribution in [0.1, 0.15) is 19.8 Å². The summed E-state index contributed by atoms with van der Waals surface area (Å²) in [5, 5.41) is 2.66. The molecule has 0 unspecified atom stereocenters. The molecule has 0 aliphatic carbocycles. The fourth-order valence-corrected chi connectivity index (χ4v) is 1.01. The molecule has 1 amide bonds. The van der Waals surface area contributed by atoms with Crippen LogP contribution in [0.5, 0.6) is 0 Å². The third-order valence-electron chi connectivity index (χ3n) is 1.63. The van der Waals surface area contributed by atoms with Gasteiger partial charge in [-0.15, -0.1) is 11.6 Å². The molecule has 0 saturated heterocycles. The molecule has 0 atom stereocenters. The Labute approximate surface area is 96.3 Å². The normalized spacial score (nSPS) is 10.3. The third kappa shape index (κ3) is 11.6. The molecule has 1 N–H and O–H groups in total. The first-order chi connectivity index (χ1) is 7.31. The average Bonchev–Trinajstić information content (AvgIpc) is 2.26. The predicted molar refractivity (Wildman–Crippen MR) is 60.3 cm³/mol. The summed E-state index contributed by atoms with van der Waals surface area (Å²) < 4.78 is 10.5. The molecule has 0 aromatic carbocycles. The smallest absolute Gasteiger partial charge is 0.234 e. The first-order valence-corrected chi connectivity index (χ1v) is 5.82. The molecule has 0 aromatic rings. The van der Waals surface area contributed by atoms with Crippen molar-refractivity contribution >= 4 is 17.5 Å². The number of hydrogen-bond donors (Lipinski definition) is 1. The van der Waals surface area contributed by atoms with Gasteiger partial charge in [-0.05, 0) is 12.8 Å². The summed E-state index contributed by atoms with van der Waals surface area (Å²) in [4.78, 5) is 10.7. The summed E-state index contributed by atoms with van der Waals surface area (Å²) in [6.07, 6.45) is 1.83. The van der Waals surface area contributed by atoms with Gasteiger partial charge in [-0.2, -0.15) is 0 Å². The van der Waals surface area contributed by atoms with E-state index in [2.05, 4.69) is 12.2 Å². The Morgan fingerprint density at radius 2 is 1.87 bits per heavy atom. The van der Waals surface area contributed by atoms with E-state index >= 15 is 0 Å². The molecule has 0 heterocycles. The average molecular weight is 238 g/mol. The second-order valence-corrected chi connectivity index (χ2v) is 3.33. The van der Waals surface area contributed by atoms with Crippen molar-refractivity contribution in [2.24, 2.45) is 0 Å². The zero-order chi connectivity index (χ0) is 11.4. The van der Waals surface area contributed by atoms with Gasteiger partial charge in [-0.25, -0.2) is 0 Å². The summed E-state index contributed by atoms with van der Waals surface area (Å²) in [5.74, 6) is -0.117. The van der Waals surface area contributed by atoms with Gasteiger partial charge in [0, 0.05) is 19.8 Å². The number of rotatable bonds is 10. The Hall–Kier alpha value is -0.320. The lowest BCUT2D eigenvalue weighted by molar-refractivity contribution is -0.118. The lowest BCUT2D eigenvalue weighted by atomic mass is 10.4. The van der Waals surface area contributed by atoms with E-state index in [1.165, 1.54) is 0 Å². The van der Waals surface area contributed by atoms with E-state index in [9.17, 15) is 4.79 Å². The molecule has 4 nitrogen and oxygen atoms in total. The minimum Gasteiger partial charge on any atom is -0.379 e. The maximum atomic E-state index is 10.7. The van der Waals surface area contributed by atoms with Crippen molar-refractivity contribution in [2.45, 2.75) is 19.8 Å². The second kappa shape index (κ2) is 11.8. The van der Waals surface area contributed by atoms with Gasteiger partial charge in [-0.3, -0.25) is 4.79 Å². The van der Waals surface area contributed by atoms with Crippen LogP contribution in [-0.4, -0.2) is 44.8 Å². The molecule has 0 aliphatic heterocycles. The van der Waals surface area contributed by atoms with Gasteiger partial charge in [0.2, 0.25) is 5.91 Å². The van der Waals surface area contributed by atoms with Crippen LogP contribution >= 0.6 is 11.6 Å². The minimum atomic E-state index is -0.136. The van der Waals surface area contributed by atoms with Gasteiger partial charge in [0.1, 0.15) is 5.88 Å². The number of ether oxygens (including phenoxy) is 2. The molecule has 0 saturated carbocycles. The van der Waals surface area contributed by atoms with Gasteiger partial charge >= 0.3 is 0 Å². The molecule has 90 valence electrons. The standard InChI is InChI=1S/C10H20ClNO3/c1-2-5-14-7-8-15-6-3-4-12-10(13)9-11/h2-9H2,1H3,(H,12,13). The van der Waals surface area contributed by atoms with Crippen LogP contribution in [0.3, 0.4) is 0 Å². The first kappa shape index (κ1) is 14.7. The molecule has 0 aliphatic rings. The van der Waals surface area contributed by atoms with Gasteiger partial charge in [0.15, 0.2) is 0 Å². The van der Waals surface area contributed by atoms with Crippen LogP contribution < -0.4 is 5.32 Å². The quantitative estimate of drug-likeness (QED) is 0.459. The van der Waals surface area contributed by atoms with E-state index in [0.717, 1.165) is 19.4 Å². The van der Waals surface area contributed by atoms with E-state index in [1.807, 2.05) is 0 Å². The van der Waals surface area contributed by atoms with Crippen molar-refractivity contribution in [1.29, 1.82) is 0 Å². The molecule has 0 aromatic heterocycles. The highest BCUT2D eigenvalue weighted by atomic mass is 35.5. The van der Waals surface area contributed by atoms with Gasteiger partial charge < -0.3 is 14.8 Å². The Morgan fingerprint density at radius 3 is 2.47 bits per heavy atom. The number of amides is 1. The van der Waals surface area contributed by atoms with Crippen LogP contribution in [-0.2, 0) is 14.3 Å². The summed E-state index contributed by atoms with van der Waals surface area (Å²) in [6.45, 7) is 5.36. The molecule has 0 radical (unpaired) electrons. The maximum absolute atomic E-state index is 10.7. The molecular weight excluding hydrogens is 218 g/mol. The topological polar surface area (TPSA) is 47.6 Å². The minimum absolute atomic E-state index is 0.0196. The molecule has 0 spiro atoms. The van der Waals surface area contributed by atoms with Crippen molar-refractivity contribution < 1.29 is 14.3 Å². The third-order valence-corrected chi connectivity index (χ3v) is 1.87. The van der Waals surface area contributed by atoms with Crippen LogP contribution in [0.4, 0.5) is 0 Å². The van der Waals surface area contributed by atoms with Crippen LogP contribution in [0.15, 0.2) is 0 Å². The molecule has 0 rings (SSSR count).